The molecule has 0 unspecified atom stereocenters. The topological polar surface area (TPSA) is 264 Å². The van der Waals surface area contributed by atoms with E-state index in [0.29, 0.717) is 44.2 Å². The summed E-state index contributed by atoms with van der Waals surface area (Å²) in [7, 11) is -5.20. The maximum atomic E-state index is 13.5. The number of nitrogens with one attached hydrogen (secondary N) is 2. The molecule has 1 aromatic carbocycles. The number of nitrogens with two attached hydrogens (primary N) is 1. The van der Waals surface area contributed by atoms with Crippen LogP contribution in [0, 0.1) is 11.8 Å². The van der Waals surface area contributed by atoms with Crippen molar-refractivity contribution >= 4 is 31.3 Å². The number of unbranched alkanes of at least 4 members (excludes halogenated alkanes) is 4. The molecule has 3 atom stereocenters. The number of hydrogen-bond donors (Lipinski definition) is 5. The van der Waals surface area contributed by atoms with Crippen LogP contribution in [-0.2, 0) is 30.2 Å². The fourth-order valence-electron chi connectivity index (χ4n) is 4.24. The lowest BCUT2D eigenvalue weighted by molar-refractivity contribution is -0.333. The number of rotatable bonds is 21. The molecule has 0 aliphatic heterocycles. The molecule has 14 heteroatoms. The van der Waals surface area contributed by atoms with Gasteiger partial charge >= 0.3 is 0 Å². The van der Waals surface area contributed by atoms with Crippen molar-refractivity contribution in [1.29, 1.82) is 0 Å². The van der Waals surface area contributed by atoms with E-state index in [9.17, 15) is 33.5 Å². The maximum absolute atomic E-state index is 13.5. The number of hydrogen-bond acceptors (Lipinski definition) is 8. The highest BCUT2D eigenvalue weighted by molar-refractivity contribution is 7.43. The Morgan fingerprint density at radius 2 is 1.57 bits per heavy atom. The largest absolute Gasteiger partial charge is 0.780 e. The van der Waals surface area contributed by atoms with E-state index in [1.54, 1.807) is 0 Å². The van der Waals surface area contributed by atoms with E-state index in [1.165, 1.54) is 24.3 Å². The third-order valence-corrected chi connectivity index (χ3v) is 7.23. The zero-order chi connectivity index (χ0) is 30.1. The summed E-state index contributed by atoms with van der Waals surface area (Å²) in [5.41, 5.74) is 5.76. The first-order chi connectivity index (χ1) is 18.9. The number of phosphoric acid groups is 1. The van der Waals surface area contributed by atoms with E-state index in [0.717, 1.165) is 19.3 Å². The van der Waals surface area contributed by atoms with Crippen LogP contribution in [0.1, 0.15) is 90.5 Å². The van der Waals surface area contributed by atoms with Crippen molar-refractivity contribution in [2.75, 3.05) is 6.54 Å². The van der Waals surface area contributed by atoms with E-state index in [2.05, 4.69) is 15.2 Å². The average molecular weight is 618 g/mol. The lowest BCUT2D eigenvalue weighted by atomic mass is 9.84. The molecular weight excluding hydrogens is 565 g/mol. The minimum atomic E-state index is -5.20. The van der Waals surface area contributed by atoms with E-state index in [-0.39, 0.29) is 66.7 Å². The highest BCUT2D eigenvalue weighted by Gasteiger charge is 2.30. The molecule has 0 aliphatic rings. The molecule has 242 valence electrons. The molecule has 12 N–H and O–H groups in total. The normalized spacial score (nSPS) is 13.0. The summed E-state index contributed by atoms with van der Waals surface area (Å²) >= 11 is 0. The molecule has 0 heterocycles. The number of Topliss-reactive ketones (excluding diaryl/α,β-unsaturated/α-hetero) is 1. The number of primary amides is 1. The van der Waals surface area contributed by atoms with Gasteiger partial charge in [-0.1, -0.05) is 58.6 Å². The number of benzene rings is 1. The van der Waals surface area contributed by atoms with Crippen molar-refractivity contribution in [3.63, 3.8) is 0 Å². The zero-order valence-electron chi connectivity index (χ0n) is 25.8. The van der Waals surface area contributed by atoms with E-state index in [4.69, 9.17) is 5.73 Å². The standard InChI is InChI=1S/C28H46N3O8P.2H3N/c1-4-6-8-12-27(34)31-24(18-21-13-15-22(16-14-21)39-40(36,37)38)25(32)19-23(20(3)5-2)28(35)30-17-10-7-9-11-26(29)33;;/h13-16,20,23-24H,4-12,17-19H2,1-3H3,(H2,29,33)(H,30,35)(H,31,34)(H2,36,37,38);2*1H3/t20-,23+,24-;;/m0../s1. The van der Waals surface area contributed by atoms with Crippen LogP contribution in [-0.4, -0.2) is 36.1 Å². The summed E-state index contributed by atoms with van der Waals surface area (Å²) in [6.45, 7) is 6.30. The Hall–Kier alpha value is -2.83. The van der Waals surface area contributed by atoms with Crippen molar-refractivity contribution in [2.24, 2.45) is 17.6 Å². The molecule has 1 aromatic rings. The summed E-state index contributed by atoms with van der Waals surface area (Å²) in [5, 5.41) is 5.72. The molecule has 0 saturated heterocycles. The average Bonchev–Trinajstić information content (AvgIpc) is 2.88. The van der Waals surface area contributed by atoms with Crippen LogP contribution in [0.4, 0.5) is 0 Å². The SMILES string of the molecule is CCCCCC(=O)N[C@@H](Cc1ccc(OP(=O)([O-])[O-])cc1)C(=O)C[C@@H](C(=O)NCCCCCC(N)=O)[C@@H](C)CC.[NH4+].[NH4+]. The van der Waals surface area contributed by atoms with E-state index < -0.39 is 19.8 Å². The number of carbonyl (C=O) groups excluding carboxylic acids is 4. The molecular formula is C28H52N5O8P. The van der Waals surface area contributed by atoms with Crippen LogP contribution < -0.4 is 43.0 Å². The quantitative estimate of drug-likeness (QED) is 0.101. The van der Waals surface area contributed by atoms with Gasteiger partial charge in [-0.15, -0.1) is 0 Å². The summed E-state index contributed by atoms with van der Waals surface area (Å²) in [5.74, 6) is -1.93. The lowest BCUT2D eigenvalue weighted by Gasteiger charge is -2.29. The molecule has 0 spiro atoms. The third kappa shape index (κ3) is 17.9. The molecule has 3 amide bonds. The predicted molar refractivity (Wildman–Crippen MR) is 160 cm³/mol. The summed E-state index contributed by atoms with van der Waals surface area (Å²) in [6.07, 6.45) is 5.93. The van der Waals surface area contributed by atoms with Crippen LogP contribution in [0.3, 0.4) is 0 Å². The number of amides is 3. The van der Waals surface area contributed by atoms with Crippen LogP contribution in [0.5, 0.6) is 5.75 Å². The van der Waals surface area contributed by atoms with Gasteiger partial charge in [0.05, 0.1) is 6.04 Å². The van der Waals surface area contributed by atoms with Gasteiger partial charge in [-0.2, -0.15) is 0 Å². The highest BCUT2D eigenvalue weighted by atomic mass is 31.2. The Balaban J connectivity index is 0. The fraction of sp³-hybridized carbons (Fsp3) is 0.643. The number of phosphoric ester groups is 1. The lowest BCUT2D eigenvalue weighted by Crippen LogP contribution is -2.45. The molecule has 0 aliphatic carbocycles. The summed E-state index contributed by atoms with van der Waals surface area (Å²) < 4.78 is 15.2. The second kappa shape index (κ2) is 21.8. The van der Waals surface area contributed by atoms with Crippen molar-refractivity contribution in [3.8, 4) is 5.75 Å². The monoisotopic (exact) mass is 617 g/mol. The Labute approximate surface area is 249 Å². The smallest absolute Gasteiger partial charge is 0.223 e. The first-order valence-electron chi connectivity index (χ1n) is 14.0. The minimum absolute atomic E-state index is 0. The van der Waals surface area contributed by atoms with Gasteiger partial charge in [0.25, 0.3) is 0 Å². The second-order valence-electron chi connectivity index (χ2n) is 10.2. The van der Waals surface area contributed by atoms with Crippen LogP contribution in [0.2, 0.25) is 0 Å². The summed E-state index contributed by atoms with van der Waals surface area (Å²) in [6, 6.07) is 4.76. The first kappa shape index (κ1) is 41.3. The van der Waals surface area contributed by atoms with Crippen LogP contribution in [0.25, 0.3) is 0 Å². The Kier molecular flexibility index (Phi) is 21.5. The number of quaternary nitrogens is 2. The Morgan fingerprint density at radius 1 is 0.952 bits per heavy atom. The molecule has 0 fully saturated rings. The van der Waals surface area contributed by atoms with Gasteiger partial charge in [0, 0.05) is 31.7 Å². The molecule has 0 radical (unpaired) electrons. The fourth-order valence-corrected chi connectivity index (χ4v) is 4.62. The van der Waals surface area contributed by atoms with Gasteiger partial charge in [0.1, 0.15) is 13.6 Å². The van der Waals surface area contributed by atoms with Gasteiger partial charge in [-0.3, -0.25) is 19.2 Å². The van der Waals surface area contributed by atoms with Gasteiger partial charge in [-0.25, -0.2) is 0 Å². The zero-order valence-corrected chi connectivity index (χ0v) is 26.7. The Morgan fingerprint density at radius 3 is 2.12 bits per heavy atom. The van der Waals surface area contributed by atoms with Crippen LogP contribution >= 0.6 is 7.82 Å². The highest BCUT2D eigenvalue weighted by Crippen LogP contribution is 2.29. The molecule has 0 bridgehead atoms. The second-order valence-corrected chi connectivity index (χ2v) is 11.3. The molecule has 42 heavy (non-hydrogen) atoms. The van der Waals surface area contributed by atoms with E-state index in [1.807, 2.05) is 20.8 Å². The van der Waals surface area contributed by atoms with Crippen molar-refractivity contribution < 1.29 is 38.1 Å². The third-order valence-electron chi connectivity index (χ3n) is 6.80. The van der Waals surface area contributed by atoms with Gasteiger partial charge in [-0.05, 0) is 49.3 Å². The van der Waals surface area contributed by atoms with E-state index >= 15 is 0 Å². The van der Waals surface area contributed by atoms with Gasteiger partial charge in [0.15, 0.2) is 5.78 Å². The Bertz CT molecular complexity index is 1000. The van der Waals surface area contributed by atoms with Crippen molar-refractivity contribution in [3.05, 3.63) is 29.8 Å². The van der Waals surface area contributed by atoms with Gasteiger partial charge in [0.2, 0.25) is 17.7 Å². The first-order valence-corrected chi connectivity index (χ1v) is 15.5. The molecule has 13 nitrogen and oxygen atoms in total. The summed E-state index contributed by atoms with van der Waals surface area (Å²) in [4.78, 5) is 71.7. The number of ketones is 1. The van der Waals surface area contributed by atoms with Crippen molar-refractivity contribution in [1.82, 2.24) is 22.9 Å². The molecule has 0 saturated carbocycles. The minimum Gasteiger partial charge on any atom is -0.780 e. The van der Waals surface area contributed by atoms with Crippen molar-refractivity contribution in [2.45, 2.75) is 97.4 Å². The molecule has 0 aromatic heterocycles. The number of carbonyl (C=O) groups is 4. The van der Waals surface area contributed by atoms with Gasteiger partial charge < -0.3 is 47.5 Å². The van der Waals surface area contributed by atoms with Crippen LogP contribution in [0.15, 0.2) is 24.3 Å². The molecule has 1 rings (SSSR count). The predicted octanol–water partition coefficient (Wildman–Crippen LogP) is 3.04. The maximum Gasteiger partial charge on any atom is 0.223 e.